The Morgan fingerprint density at radius 3 is 2.00 bits per heavy atom. The van der Waals surface area contributed by atoms with E-state index in [9.17, 15) is 18.0 Å². The number of carbonyl (C=O) groups excluding carboxylic acids is 1. The zero-order valence-electron chi connectivity index (χ0n) is 17.6. The maximum atomic E-state index is 12.7. The summed E-state index contributed by atoms with van der Waals surface area (Å²) in [5, 5.41) is 0. The van der Waals surface area contributed by atoms with E-state index in [2.05, 4.69) is 6.92 Å². The molecule has 0 heterocycles. The van der Waals surface area contributed by atoms with Crippen LogP contribution in [-0.4, -0.2) is 12.6 Å². The number of ether oxygens (including phenoxy) is 1. The van der Waals surface area contributed by atoms with Crippen LogP contribution >= 0.6 is 0 Å². The van der Waals surface area contributed by atoms with Crippen molar-refractivity contribution in [3.63, 3.8) is 0 Å². The van der Waals surface area contributed by atoms with E-state index in [0.29, 0.717) is 12.2 Å². The van der Waals surface area contributed by atoms with Crippen molar-refractivity contribution >= 4 is 12.0 Å². The SMILES string of the molecule is CCCCCCCCCCCCCCOC(=O)/C=C/c1cccc(C(F)(F)F)c1. The molecule has 0 atom stereocenters. The quantitative estimate of drug-likeness (QED) is 0.166. The molecule has 1 rings (SSSR count). The zero-order valence-corrected chi connectivity index (χ0v) is 17.6. The van der Waals surface area contributed by atoms with Crippen LogP contribution in [0.15, 0.2) is 30.3 Å². The number of alkyl halides is 3. The molecule has 0 aliphatic carbocycles. The van der Waals surface area contributed by atoms with E-state index < -0.39 is 17.7 Å². The molecule has 1 aromatic rings. The molecule has 0 spiro atoms. The molecular weight excluding hydrogens is 377 g/mol. The third kappa shape index (κ3) is 13.1. The predicted molar refractivity (Wildman–Crippen MR) is 113 cm³/mol. The summed E-state index contributed by atoms with van der Waals surface area (Å²) in [5.74, 6) is -0.523. The molecule has 0 radical (unpaired) electrons. The minimum atomic E-state index is -4.39. The van der Waals surface area contributed by atoms with Crippen molar-refractivity contribution < 1.29 is 22.7 Å². The van der Waals surface area contributed by atoms with Crippen LogP contribution in [-0.2, 0) is 15.7 Å². The van der Waals surface area contributed by atoms with Gasteiger partial charge < -0.3 is 4.74 Å². The topological polar surface area (TPSA) is 26.3 Å². The van der Waals surface area contributed by atoms with Gasteiger partial charge in [0.1, 0.15) is 0 Å². The first-order valence-electron chi connectivity index (χ1n) is 11.0. The molecule has 0 unspecified atom stereocenters. The van der Waals surface area contributed by atoms with Gasteiger partial charge in [-0.2, -0.15) is 13.2 Å². The Morgan fingerprint density at radius 2 is 1.45 bits per heavy atom. The first-order valence-corrected chi connectivity index (χ1v) is 11.0. The van der Waals surface area contributed by atoms with Gasteiger partial charge in [0, 0.05) is 6.08 Å². The molecule has 0 bridgehead atoms. The van der Waals surface area contributed by atoms with Crippen molar-refractivity contribution in [1.29, 1.82) is 0 Å². The first kappa shape index (κ1) is 25.3. The van der Waals surface area contributed by atoms with E-state index in [1.807, 2.05) is 0 Å². The number of benzene rings is 1. The Balaban J connectivity index is 2.04. The monoisotopic (exact) mass is 412 g/mol. The van der Waals surface area contributed by atoms with Gasteiger partial charge in [-0.15, -0.1) is 0 Å². The largest absolute Gasteiger partial charge is 0.463 e. The Labute approximate surface area is 173 Å². The van der Waals surface area contributed by atoms with Crippen LogP contribution in [0, 0.1) is 0 Å². The van der Waals surface area contributed by atoms with Crippen LogP contribution in [0.5, 0.6) is 0 Å². The molecule has 29 heavy (non-hydrogen) atoms. The van der Waals surface area contributed by atoms with Gasteiger partial charge in [0.05, 0.1) is 12.2 Å². The predicted octanol–water partition coefficient (Wildman–Crippen LogP) is 7.96. The van der Waals surface area contributed by atoms with Crippen LogP contribution < -0.4 is 0 Å². The fourth-order valence-electron chi connectivity index (χ4n) is 3.15. The van der Waals surface area contributed by atoms with E-state index in [-0.39, 0.29) is 0 Å². The molecule has 5 heteroatoms. The Morgan fingerprint density at radius 1 is 0.897 bits per heavy atom. The van der Waals surface area contributed by atoms with Crippen LogP contribution in [0.25, 0.3) is 6.08 Å². The van der Waals surface area contributed by atoms with Crippen molar-refractivity contribution in [2.75, 3.05) is 6.61 Å². The Bertz CT molecular complexity index is 594. The molecule has 0 aromatic heterocycles. The summed E-state index contributed by atoms with van der Waals surface area (Å²) in [4.78, 5) is 11.7. The highest BCUT2D eigenvalue weighted by atomic mass is 19.4. The first-order chi connectivity index (χ1) is 13.9. The van der Waals surface area contributed by atoms with Gasteiger partial charge >= 0.3 is 12.1 Å². The van der Waals surface area contributed by atoms with Crippen molar-refractivity contribution in [2.24, 2.45) is 0 Å². The second-order valence-corrected chi connectivity index (χ2v) is 7.51. The van der Waals surface area contributed by atoms with Gasteiger partial charge in [-0.25, -0.2) is 4.79 Å². The van der Waals surface area contributed by atoms with Gasteiger partial charge in [-0.1, -0.05) is 89.7 Å². The molecule has 0 amide bonds. The second-order valence-electron chi connectivity index (χ2n) is 7.51. The fraction of sp³-hybridized carbons (Fsp3) is 0.625. The van der Waals surface area contributed by atoms with Crippen LogP contribution in [0.4, 0.5) is 13.2 Å². The molecule has 164 valence electrons. The van der Waals surface area contributed by atoms with Crippen LogP contribution in [0.3, 0.4) is 0 Å². The molecule has 1 aromatic carbocycles. The zero-order chi connectivity index (χ0) is 21.4. The maximum absolute atomic E-state index is 12.7. The van der Waals surface area contributed by atoms with Gasteiger partial charge in [-0.05, 0) is 30.2 Å². The number of esters is 1. The lowest BCUT2D eigenvalue weighted by Crippen LogP contribution is -2.04. The highest BCUT2D eigenvalue weighted by Gasteiger charge is 2.30. The Hall–Kier alpha value is -1.78. The number of hydrogen-bond donors (Lipinski definition) is 0. The summed E-state index contributed by atoms with van der Waals surface area (Å²) in [5.41, 5.74) is -0.411. The molecule has 0 aliphatic rings. The standard InChI is InChI=1S/C24H35F3O2/c1-2-3-4-5-6-7-8-9-10-11-12-13-19-29-23(28)18-17-21-15-14-16-22(20-21)24(25,26)27/h14-18,20H,2-13,19H2,1H3/b18-17+. The lowest BCUT2D eigenvalue weighted by molar-refractivity contribution is -0.138. The number of unbranched alkanes of at least 4 members (excludes halogenated alkanes) is 11. The average Bonchev–Trinajstić information content (AvgIpc) is 2.69. The summed E-state index contributed by atoms with van der Waals surface area (Å²) >= 11 is 0. The number of carbonyl (C=O) groups is 1. The van der Waals surface area contributed by atoms with E-state index in [4.69, 9.17) is 4.74 Å². The van der Waals surface area contributed by atoms with Crippen molar-refractivity contribution in [3.8, 4) is 0 Å². The molecular formula is C24H35F3O2. The lowest BCUT2D eigenvalue weighted by Gasteiger charge is -2.06. The molecule has 0 aliphatic heterocycles. The minimum Gasteiger partial charge on any atom is -0.463 e. The molecule has 0 saturated carbocycles. The Kier molecular flexibility index (Phi) is 13.2. The van der Waals surface area contributed by atoms with Gasteiger partial charge in [0.25, 0.3) is 0 Å². The van der Waals surface area contributed by atoms with Crippen molar-refractivity contribution in [1.82, 2.24) is 0 Å². The maximum Gasteiger partial charge on any atom is 0.416 e. The molecule has 0 N–H and O–H groups in total. The summed E-state index contributed by atoms with van der Waals surface area (Å²) in [6.45, 7) is 2.58. The van der Waals surface area contributed by atoms with Crippen LogP contribution in [0.1, 0.15) is 95.1 Å². The van der Waals surface area contributed by atoms with Gasteiger partial charge in [0.15, 0.2) is 0 Å². The smallest absolute Gasteiger partial charge is 0.416 e. The average molecular weight is 413 g/mol. The fourth-order valence-corrected chi connectivity index (χ4v) is 3.15. The number of rotatable bonds is 15. The van der Waals surface area contributed by atoms with Gasteiger partial charge in [-0.3, -0.25) is 0 Å². The van der Waals surface area contributed by atoms with Crippen LogP contribution in [0.2, 0.25) is 0 Å². The summed E-state index contributed by atoms with van der Waals surface area (Å²) in [7, 11) is 0. The summed E-state index contributed by atoms with van der Waals surface area (Å²) in [6.07, 6.45) is 13.0. The third-order valence-electron chi connectivity index (χ3n) is 4.87. The van der Waals surface area contributed by atoms with Gasteiger partial charge in [0.2, 0.25) is 0 Å². The number of hydrogen-bond acceptors (Lipinski definition) is 2. The van der Waals surface area contributed by atoms with E-state index in [1.165, 1.54) is 82.1 Å². The highest BCUT2D eigenvalue weighted by molar-refractivity contribution is 5.87. The number of halogens is 3. The third-order valence-corrected chi connectivity index (χ3v) is 4.87. The lowest BCUT2D eigenvalue weighted by atomic mass is 10.1. The van der Waals surface area contributed by atoms with Crippen molar-refractivity contribution in [2.45, 2.75) is 90.1 Å². The summed E-state index contributed by atoms with van der Waals surface area (Å²) in [6, 6.07) is 4.85. The molecule has 0 fully saturated rings. The normalized spacial score (nSPS) is 11.9. The molecule has 0 saturated heterocycles. The second kappa shape index (κ2) is 15.1. The minimum absolute atomic E-state index is 0.321. The highest BCUT2D eigenvalue weighted by Crippen LogP contribution is 2.29. The van der Waals surface area contributed by atoms with E-state index in [1.54, 1.807) is 0 Å². The van der Waals surface area contributed by atoms with E-state index >= 15 is 0 Å². The molecule has 2 nitrogen and oxygen atoms in total. The summed E-state index contributed by atoms with van der Waals surface area (Å²) < 4.78 is 43.1. The van der Waals surface area contributed by atoms with E-state index in [0.717, 1.165) is 31.4 Å². The van der Waals surface area contributed by atoms with Crippen molar-refractivity contribution in [3.05, 3.63) is 41.5 Å².